The van der Waals surface area contributed by atoms with Crippen molar-refractivity contribution in [2.45, 2.75) is 11.8 Å². The van der Waals surface area contributed by atoms with E-state index < -0.39 is 32.5 Å². The van der Waals surface area contributed by atoms with Gasteiger partial charge in [-0.3, -0.25) is 9.69 Å². The number of benzene rings is 2. The van der Waals surface area contributed by atoms with Crippen molar-refractivity contribution in [3.05, 3.63) is 71.1 Å². The lowest BCUT2D eigenvalue weighted by Crippen LogP contribution is -2.50. The van der Waals surface area contributed by atoms with Crippen LogP contribution in [0.3, 0.4) is 0 Å². The van der Waals surface area contributed by atoms with Gasteiger partial charge < -0.3 is 10.1 Å². The summed E-state index contributed by atoms with van der Waals surface area (Å²) >= 11 is 1.21. The molecule has 4 rings (SSSR count). The van der Waals surface area contributed by atoms with Gasteiger partial charge in [-0.1, -0.05) is 36.4 Å². The number of hydrogen-bond donors (Lipinski definition) is 1. The molecule has 1 saturated heterocycles. The first-order chi connectivity index (χ1) is 17.7. The normalized spacial score (nSPS) is 14.9. The molecular formula is C25H25F2N3O5S2. The number of amides is 1. The Hall–Kier alpha value is -3.19. The van der Waals surface area contributed by atoms with Gasteiger partial charge in [0, 0.05) is 31.1 Å². The van der Waals surface area contributed by atoms with E-state index in [-0.39, 0.29) is 50.1 Å². The number of carbonyl (C=O) groups is 2. The summed E-state index contributed by atoms with van der Waals surface area (Å²) < 4.78 is 59.8. The summed E-state index contributed by atoms with van der Waals surface area (Å²) in [6.07, 6.45) is 0. The molecule has 0 saturated carbocycles. The molecular weight excluding hydrogens is 524 g/mol. The summed E-state index contributed by atoms with van der Waals surface area (Å²) in [5.74, 6) is -3.22. The lowest BCUT2D eigenvalue weighted by atomic mass is 10.2. The summed E-state index contributed by atoms with van der Waals surface area (Å²) in [4.78, 5) is 27.1. The van der Waals surface area contributed by atoms with Crippen molar-refractivity contribution in [3.8, 4) is 10.4 Å². The Morgan fingerprint density at radius 1 is 1.00 bits per heavy atom. The zero-order chi connectivity index (χ0) is 26.6. The van der Waals surface area contributed by atoms with E-state index >= 15 is 0 Å². The third-order valence-corrected chi connectivity index (χ3v) is 8.86. The second kappa shape index (κ2) is 11.5. The molecule has 8 nitrogen and oxygen atoms in total. The Morgan fingerprint density at radius 2 is 1.65 bits per heavy atom. The third-order valence-electron chi connectivity index (χ3n) is 5.74. The molecule has 1 aliphatic rings. The smallest absolute Gasteiger partial charge is 0.350 e. The highest BCUT2D eigenvalue weighted by atomic mass is 32.2. The SMILES string of the molecule is CCOC(=O)c1sc(-c2ccccc2)cc1NC(=O)CN1CCN(S(=O)(=O)c2c(F)cccc2F)CC1. The summed E-state index contributed by atoms with van der Waals surface area (Å²) in [6, 6.07) is 14.0. The van der Waals surface area contributed by atoms with Crippen LogP contribution in [-0.2, 0) is 19.6 Å². The Morgan fingerprint density at radius 3 is 2.27 bits per heavy atom. The molecule has 12 heteroatoms. The third kappa shape index (κ3) is 6.04. The minimum absolute atomic E-state index is 0.0337. The zero-order valence-electron chi connectivity index (χ0n) is 19.9. The van der Waals surface area contributed by atoms with Gasteiger partial charge in [0.1, 0.15) is 16.5 Å². The number of esters is 1. The Labute approximate surface area is 217 Å². The fourth-order valence-electron chi connectivity index (χ4n) is 3.96. The van der Waals surface area contributed by atoms with E-state index in [0.717, 1.165) is 32.9 Å². The maximum Gasteiger partial charge on any atom is 0.350 e. The van der Waals surface area contributed by atoms with Crippen LogP contribution in [0.5, 0.6) is 0 Å². The number of nitrogens with one attached hydrogen (secondary N) is 1. The number of hydrogen-bond acceptors (Lipinski definition) is 7. The molecule has 1 aliphatic heterocycles. The van der Waals surface area contributed by atoms with Crippen LogP contribution in [0, 0.1) is 11.6 Å². The lowest BCUT2D eigenvalue weighted by molar-refractivity contribution is -0.117. The monoisotopic (exact) mass is 549 g/mol. The average molecular weight is 550 g/mol. The molecule has 0 spiro atoms. The predicted octanol–water partition coefficient (Wildman–Crippen LogP) is 3.82. The Kier molecular flexibility index (Phi) is 8.32. The zero-order valence-corrected chi connectivity index (χ0v) is 21.6. The van der Waals surface area contributed by atoms with Crippen LogP contribution < -0.4 is 5.32 Å². The van der Waals surface area contributed by atoms with Gasteiger partial charge in [-0.05, 0) is 30.7 Å². The molecule has 0 aliphatic carbocycles. The molecule has 0 bridgehead atoms. The van der Waals surface area contributed by atoms with Gasteiger partial charge in [0.05, 0.1) is 18.8 Å². The first-order valence-corrected chi connectivity index (χ1v) is 13.8. The fourth-order valence-corrected chi connectivity index (χ4v) is 6.50. The van der Waals surface area contributed by atoms with Crippen molar-refractivity contribution in [2.75, 3.05) is 44.6 Å². The van der Waals surface area contributed by atoms with Crippen molar-refractivity contribution in [3.63, 3.8) is 0 Å². The minimum atomic E-state index is -4.36. The first kappa shape index (κ1) is 26.9. The maximum atomic E-state index is 14.1. The molecule has 1 N–H and O–H groups in total. The van der Waals surface area contributed by atoms with Gasteiger partial charge in [0.15, 0.2) is 4.90 Å². The van der Waals surface area contributed by atoms with Crippen LogP contribution in [0.25, 0.3) is 10.4 Å². The molecule has 2 heterocycles. The van der Waals surface area contributed by atoms with E-state index in [1.807, 2.05) is 30.3 Å². The fraction of sp³-hybridized carbons (Fsp3) is 0.280. The van der Waals surface area contributed by atoms with Crippen LogP contribution in [0.15, 0.2) is 59.5 Å². The van der Waals surface area contributed by atoms with Crippen LogP contribution >= 0.6 is 11.3 Å². The van der Waals surface area contributed by atoms with Crippen LogP contribution in [0.2, 0.25) is 0 Å². The first-order valence-electron chi connectivity index (χ1n) is 11.5. The highest BCUT2D eigenvalue weighted by Crippen LogP contribution is 2.35. The number of thiophene rings is 1. The van der Waals surface area contributed by atoms with Crippen LogP contribution in [0.1, 0.15) is 16.6 Å². The summed E-state index contributed by atoms with van der Waals surface area (Å²) in [7, 11) is -4.36. The van der Waals surface area contributed by atoms with Gasteiger partial charge in [0.25, 0.3) is 0 Å². The van der Waals surface area contributed by atoms with E-state index in [9.17, 15) is 26.8 Å². The van der Waals surface area contributed by atoms with Crippen molar-refractivity contribution >= 4 is 38.9 Å². The van der Waals surface area contributed by atoms with E-state index in [0.29, 0.717) is 5.69 Å². The van der Waals surface area contributed by atoms with E-state index in [2.05, 4.69) is 5.32 Å². The quantitative estimate of drug-likeness (QED) is 0.430. The molecule has 196 valence electrons. The molecule has 0 atom stereocenters. The maximum absolute atomic E-state index is 14.1. The number of piperazine rings is 1. The number of ether oxygens (including phenoxy) is 1. The standard InChI is InChI=1S/C25H25F2N3O5S2/c1-2-35-25(32)23-20(15-21(36-23)17-7-4-3-5-8-17)28-22(31)16-29-11-13-30(14-12-29)37(33,34)24-18(26)9-6-10-19(24)27/h3-10,15H,2,11-14,16H2,1H3,(H,28,31). The number of rotatable bonds is 8. The van der Waals surface area contributed by atoms with Crippen molar-refractivity contribution in [1.82, 2.24) is 9.21 Å². The van der Waals surface area contributed by atoms with Gasteiger partial charge in [-0.2, -0.15) is 4.31 Å². The minimum Gasteiger partial charge on any atom is -0.462 e. The number of sulfonamides is 1. The van der Waals surface area contributed by atoms with E-state index in [1.54, 1.807) is 17.9 Å². The molecule has 1 amide bonds. The van der Waals surface area contributed by atoms with Crippen molar-refractivity contribution in [1.29, 1.82) is 0 Å². The summed E-state index contributed by atoms with van der Waals surface area (Å²) in [5.41, 5.74) is 1.23. The second-order valence-corrected chi connectivity index (χ2v) is 11.1. The van der Waals surface area contributed by atoms with Gasteiger partial charge in [-0.25, -0.2) is 22.0 Å². The number of halogens is 2. The predicted molar refractivity (Wildman–Crippen MR) is 136 cm³/mol. The van der Waals surface area contributed by atoms with E-state index in [4.69, 9.17) is 4.74 Å². The molecule has 1 aromatic heterocycles. The van der Waals surface area contributed by atoms with Gasteiger partial charge in [0.2, 0.25) is 15.9 Å². The molecule has 2 aromatic carbocycles. The molecule has 1 fully saturated rings. The lowest BCUT2D eigenvalue weighted by Gasteiger charge is -2.33. The Bertz CT molecular complexity index is 1370. The largest absolute Gasteiger partial charge is 0.462 e. The summed E-state index contributed by atoms with van der Waals surface area (Å²) in [6.45, 7) is 2.14. The number of nitrogens with zero attached hydrogens (tertiary/aromatic N) is 2. The Balaban J connectivity index is 1.41. The van der Waals surface area contributed by atoms with Gasteiger partial charge in [-0.15, -0.1) is 11.3 Å². The van der Waals surface area contributed by atoms with Gasteiger partial charge >= 0.3 is 5.97 Å². The van der Waals surface area contributed by atoms with Crippen LogP contribution in [-0.4, -0.2) is 68.8 Å². The molecule has 0 unspecified atom stereocenters. The topological polar surface area (TPSA) is 96.0 Å². The number of anilines is 1. The molecule has 0 radical (unpaired) electrons. The molecule has 37 heavy (non-hydrogen) atoms. The highest BCUT2D eigenvalue weighted by molar-refractivity contribution is 7.89. The summed E-state index contributed by atoms with van der Waals surface area (Å²) in [5, 5.41) is 2.77. The van der Waals surface area contributed by atoms with Crippen molar-refractivity contribution in [2.24, 2.45) is 0 Å². The highest BCUT2D eigenvalue weighted by Gasteiger charge is 2.33. The van der Waals surface area contributed by atoms with Crippen molar-refractivity contribution < 1.29 is 31.5 Å². The second-order valence-electron chi connectivity index (χ2n) is 8.22. The molecule has 3 aromatic rings. The average Bonchev–Trinajstić information content (AvgIpc) is 3.28. The van der Waals surface area contributed by atoms with Crippen LogP contribution in [0.4, 0.5) is 14.5 Å². The number of carbonyl (C=O) groups excluding carboxylic acids is 2. The van der Waals surface area contributed by atoms with E-state index in [1.165, 1.54) is 11.3 Å².